The molecule has 0 bridgehead atoms. The van der Waals surface area contributed by atoms with E-state index in [0.717, 1.165) is 5.56 Å². The first-order valence-corrected chi connectivity index (χ1v) is 4.18. The van der Waals surface area contributed by atoms with Gasteiger partial charge < -0.3 is 0 Å². The summed E-state index contributed by atoms with van der Waals surface area (Å²) in [5, 5.41) is 8.54. The monoisotopic (exact) mass is 173 g/mol. The molecule has 0 saturated heterocycles. The average Bonchev–Trinajstić information content (AvgIpc) is 2.15. The maximum Gasteiger partial charge on any atom is 0.138 e. The number of carbonyl (C=O) groups is 1. The van der Waals surface area contributed by atoms with Gasteiger partial charge in [0.1, 0.15) is 5.78 Å². The zero-order valence-electron chi connectivity index (χ0n) is 7.53. The van der Waals surface area contributed by atoms with Crippen molar-refractivity contribution < 1.29 is 4.79 Å². The van der Waals surface area contributed by atoms with Gasteiger partial charge in [0.15, 0.2) is 0 Å². The standard InChI is InChI=1S/C11H11NO/c1-9(13)11(7-8-12)10-5-3-2-4-6-10/h2-6,11H,7H2,1H3/t11-/m0/s1. The van der Waals surface area contributed by atoms with Gasteiger partial charge in [-0.2, -0.15) is 5.26 Å². The number of hydrogen-bond acceptors (Lipinski definition) is 2. The number of benzene rings is 1. The zero-order chi connectivity index (χ0) is 9.68. The molecule has 0 saturated carbocycles. The van der Waals surface area contributed by atoms with Gasteiger partial charge in [0.05, 0.1) is 12.0 Å². The highest BCUT2D eigenvalue weighted by atomic mass is 16.1. The molecule has 0 aromatic heterocycles. The first-order chi connectivity index (χ1) is 6.25. The van der Waals surface area contributed by atoms with Crippen LogP contribution in [0.5, 0.6) is 0 Å². The van der Waals surface area contributed by atoms with Crippen LogP contribution < -0.4 is 0 Å². The van der Waals surface area contributed by atoms with Crippen molar-refractivity contribution in [2.75, 3.05) is 0 Å². The minimum Gasteiger partial charge on any atom is -0.299 e. The van der Waals surface area contributed by atoms with Crippen molar-refractivity contribution in [3.05, 3.63) is 35.9 Å². The van der Waals surface area contributed by atoms with Crippen molar-refractivity contribution in [1.82, 2.24) is 0 Å². The molecule has 0 aliphatic heterocycles. The van der Waals surface area contributed by atoms with Crippen LogP contribution in [0.15, 0.2) is 30.3 Å². The lowest BCUT2D eigenvalue weighted by Gasteiger charge is -2.09. The fourth-order valence-corrected chi connectivity index (χ4v) is 1.27. The molecule has 13 heavy (non-hydrogen) atoms. The molecule has 2 heteroatoms. The molecule has 0 aliphatic rings. The Kier molecular flexibility index (Phi) is 3.22. The minimum atomic E-state index is -0.258. The molecular weight excluding hydrogens is 162 g/mol. The predicted molar refractivity (Wildman–Crippen MR) is 50.1 cm³/mol. The van der Waals surface area contributed by atoms with E-state index in [2.05, 4.69) is 0 Å². The van der Waals surface area contributed by atoms with Crippen molar-refractivity contribution in [3.8, 4) is 6.07 Å². The number of nitrogens with zero attached hydrogens (tertiary/aromatic N) is 1. The van der Waals surface area contributed by atoms with Crippen molar-refractivity contribution in [2.24, 2.45) is 0 Å². The summed E-state index contributed by atoms with van der Waals surface area (Å²) in [5.41, 5.74) is 0.927. The van der Waals surface area contributed by atoms with E-state index in [4.69, 9.17) is 5.26 Å². The van der Waals surface area contributed by atoms with Gasteiger partial charge in [0, 0.05) is 6.42 Å². The summed E-state index contributed by atoms with van der Waals surface area (Å²) in [4.78, 5) is 11.2. The van der Waals surface area contributed by atoms with Crippen LogP contribution in [0, 0.1) is 11.3 Å². The molecular formula is C11H11NO. The maximum absolute atomic E-state index is 11.2. The highest BCUT2D eigenvalue weighted by Gasteiger charge is 2.15. The Labute approximate surface area is 77.8 Å². The third-order valence-electron chi connectivity index (χ3n) is 1.99. The fourth-order valence-electron chi connectivity index (χ4n) is 1.27. The fraction of sp³-hybridized carbons (Fsp3) is 0.273. The van der Waals surface area contributed by atoms with Crippen LogP contribution in [-0.4, -0.2) is 5.78 Å². The van der Waals surface area contributed by atoms with Crippen LogP contribution >= 0.6 is 0 Å². The van der Waals surface area contributed by atoms with Crippen LogP contribution in [0.25, 0.3) is 0 Å². The van der Waals surface area contributed by atoms with E-state index < -0.39 is 0 Å². The van der Waals surface area contributed by atoms with Crippen molar-refractivity contribution in [1.29, 1.82) is 5.26 Å². The lowest BCUT2D eigenvalue weighted by molar-refractivity contribution is -0.118. The smallest absolute Gasteiger partial charge is 0.138 e. The number of nitriles is 1. The summed E-state index contributed by atoms with van der Waals surface area (Å²) in [7, 11) is 0. The van der Waals surface area contributed by atoms with Crippen LogP contribution in [-0.2, 0) is 4.79 Å². The molecule has 66 valence electrons. The normalized spacial score (nSPS) is 11.7. The summed E-state index contributed by atoms with van der Waals surface area (Å²) in [5.74, 6) is -0.209. The number of carbonyl (C=O) groups excluding carboxylic acids is 1. The van der Waals surface area contributed by atoms with Gasteiger partial charge in [-0.1, -0.05) is 30.3 Å². The van der Waals surface area contributed by atoms with E-state index in [1.165, 1.54) is 6.92 Å². The molecule has 0 aliphatic carbocycles. The number of Topliss-reactive ketones (excluding diaryl/α,β-unsaturated/α-hetero) is 1. The molecule has 1 atom stereocenters. The van der Waals surface area contributed by atoms with Gasteiger partial charge >= 0.3 is 0 Å². The Morgan fingerprint density at radius 2 is 2.08 bits per heavy atom. The Morgan fingerprint density at radius 3 is 2.54 bits per heavy atom. The van der Waals surface area contributed by atoms with Gasteiger partial charge in [-0.05, 0) is 12.5 Å². The molecule has 1 rings (SSSR count). The topological polar surface area (TPSA) is 40.9 Å². The predicted octanol–water partition coefficient (Wildman–Crippen LogP) is 2.27. The summed E-state index contributed by atoms with van der Waals surface area (Å²) in [6.07, 6.45) is 0.263. The number of ketones is 1. The summed E-state index contributed by atoms with van der Waals surface area (Å²) in [6.45, 7) is 1.52. The molecule has 0 amide bonds. The Morgan fingerprint density at radius 1 is 1.46 bits per heavy atom. The molecule has 0 spiro atoms. The van der Waals surface area contributed by atoms with Crippen LogP contribution in [0.1, 0.15) is 24.8 Å². The molecule has 1 aromatic carbocycles. The highest BCUT2D eigenvalue weighted by Crippen LogP contribution is 2.19. The molecule has 0 fully saturated rings. The summed E-state index contributed by atoms with van der Waals surface area (Å²) < 4.78 is 0. The molecule has 0 radical (unpaired) electrons. The van der Waals surface area contributed by atoms with E-state index in [0.29, 0.717) is 0 Å². The van der Waals surface area contributed by atoms with E-state index in [9.17, 15) is 4.79 Å². The molecule has 2 nitrogen and oxygen atoms in total. The van der Waals surface area contributed by atoms with E-state index >= 15 is 0 Å². The van der Waals surface area contributed by atoms with Gasteiger partial charge in [-0.3, -0.25) is 4.79 Å². The van der Waals surface area contributed by atoms with Crippen LogP contribution in [0.4, 0.5) is 0 Å². The van der Waals surface area contributed by atoms with Gasteiger partial charge in [0.2, 0.25) is 0 Å². The zero-order valence-corrected chi connectivity index (χ0v) is 7.53. The van der Waals surface area contributed by atoms with Gasteiger partial charge in [-0.15, -0.1) is 0 Å². The second-order valence-electron chi connectivity index (χ2n) is 2.94. The average molecular weight is 173 g/mol. The number of rotatable bonds is 3. The Balaban J connectivity index is 2.90. The lowest BCUT2D eigenvalue weighted by atomic mass is 9.93. The van der Waals surface area contributed by atoms with E-state index in [1.54, 1.807) is 0 Å². The second kappa shape index (κ2) is 4.42. The van der Waals surface area contributed by atoms with E-state index in [1.807, 2.05) is 36.4 Å². The Bertz CT molecular complexity index is 324. The quantitative estimate of drug-likeness (QED) is 0.703. The number of hydrogen-bond donors (Lipinski definition) is 0. The van der Waals surface area contributed by atoms with E-state index in [-0.39, 0.29) is 18.1 Å². The molecule has 1 aromatic rings. The molecule has 0 N–H and O–H groups in total. The van der Waals surface area contributed by atoms with Gasteiger partial charge in [0.25, 0.3) is 0 Å². The minimum absolute atomic E-state index is 0.0488. The maximum atomic E-state index is 11.2. The first kappa shape index (κ1) is 9.47. The highest BCUT2D eigenvalue weighted by molar-refractivity contribution is 5.83. The Hall–Kier alpha value is -1.62. The van der Waals surface area contributed by atoms with Crippen molar-refractivity contribution in [2.45, 2.75) is 19.3 Å². The van der Waals surface area contributed by atoms with Crippen LogP contribution in [0.2, 0.25) is 0 Å². The second-order valence-corrected chi connectivity index (χ2v) is 2.94. The first-order valence-electron chi connectivity index (χ1n) is 4.18. The van der Waals surface area contributed by atoms with Crippen LogP contribution in [0.3, 0.4) is 0 Å². The molecule has 0 unspecified atom stereocenters. The van der Waals surface area contributed by atoms with Crippen molar-refractivity contribution in [3.63, 3.8) is 0 Å². The summed E-state index contributed by atoms with van der Waals surface area (Å²) in [6, 6.07) is 11.4. The third kappa shape index (κ3) is 2.41. The largest absolute Gasteiger partial charge is 0.299 e. The SMILES string of the molecule is CC(=O)[C@H](CC#N)c1ccccc1. The van der Waals surface area contributed by atoms with Gasteiger partial charge in [-0.25, -0.2) is 0 Å². The summed E-state index contributed by atoms with van der Waals surface area (Å²) >= 11 is 0. The molecule has 0 heterocycles. The third-order valence-corrected chi connectivity index (χ3v) is 1.99. The van der Waals surface area contributed by atoms with Crippen molar-refractivity contribution >= 4 is 5.78 Å². The lowest BCUT2D eigenvalue weighted by Crippen LogP contribution is -2.07.